The molecule has 0 aliphatic rings. The standard InChI is InChI=1S/C16H19N3O6/c1-4-6-19-13(17)12(14(21)18(3)16(19)23)11(20)8-25-15(22)10-5-7-24-9(10)2/h5,7H,4,6,8,17H2,1-3H3. The van der Waals surface area contributed by atoms with Crippen LogP contribution in [-0.2, 0) is 18.3 Å². The summed E-state index contributed by atoms with van der Waals surface area (Å²) >= 11 is 0. The molecule has 0 unspecified atom stereocenters. The van der Waals surface area contributed by atoms with Crippen LogP contribution in [0.4, 0.5) is 5.82 Å². The zero-order valence-corrected chi connectivity index (χ0v) is 14.2. The molecule has 25 heavy (non-hydrogen) atoms. The second kappa shape index (κ2) is 7.20. The maximum atomic E-state index is 12.4. The minimum atomic E-state index is -0.824. The fraction of sp³-hybridized carbons (Fsp3) is 0.375. The van der Waals surface area contributed by atoms with E-state index >= 15 is 0 Å². The van der Waals surface area contributed by atoms with Crippen LogP contribution in [0.3, 0.4) is 0 Å². The van der Waals surface area contributed by atoms with Gasteiger partial charge in [0.15, 0.2) is 6.61 Å². The highest BCUT2D eigenvalue weighted by molar-refractivity contribution is 6.02. The average molecular weight is 349 g/mol. The van der Waals surface area contributed by atoms with E-state index in [0.717, 1.165) is 9.13 Å². The third-order valence-electron chi connectivity index (χ3n) is 3.72. The van der Waals surface area contributed by atoms with Crippen LogP contribution in [0.5, 0.6) is 0 Å². The number of carbonyl (C=O) groups is 2. The van der Waals surface area contributed by atoms with Crippen LogP contribution >= 0.6 is 0 Å². The number of hydrogen-bond acceptors (Lipinski definition) is 7. The number of anilines is 1. The van der Waals surface area contributed by atoms with Crippen molar-refractivity contribution in [1.82, 2.24) is 9.13 Å². The Morgan fingerprint density at radius 2 is 2.00 bits per heavy atom. The second-order valence-corrected chi connectivity index (χ2v) is 5.45. The molecule has 0 bridgehead atoms. The first kappa shape index (κ1) is 18.2. The van der Waals surface area contributed by atoms with Crippen molar-refractivity contribution in [3.63, 3.8) is 0 Å². The number of aromatic nitrogens is 2. The first-order valence-corrected chi connectivity index (χ1v) is 7.63. The minimum Gasteiger partial charge on any atom is -0.469 e. The van der Waals surface area contributed by atoms with Crippen molar-refractivity contribution >= 4 is 17.6 Å². The molecule has 2 N–H and O–H groups in total. The molecule has 134 valence electrons. The van der Waals surface area contributed by atoms with Crippen molar-refractivity contribution in [2.75, 3.05) is 12.3 Å². The van der Waals surface area contributed by atoms with E-state index in [1.54, 1.807) is 6.92 Å². The molecule has 0 atom stereocenters. The number of nitrogens with two attached hydrogens (primary N) is 1. The SMILES string of the molecule is CCCn1c(N)c(C(=O)COC(=O)c2ccoc2C)c(=O)n(C)c1=O. The molecular weight excluding hydrogens is 330 g/mol. The number of nitrogen functional groups attached to an aromatic ring is 1. The van der Waals surface area contributed by atoms with Crippen LogP contribution in [0.1, 0.15) is 39.8 Å². The van der Waals surface area contributed by atoms with Gasteiger partial charge in [0.2, 0.25) is 5.78 Å². The topological polar surface area (TPSA) is 127 Å². The van der Waals surface area contributed by atoms with Gasteiger partial charge in [-0.25, -0.2) is 9.59 Å². The van der Waals surface area contributed by atoms with Gasteiger partial charge in [-0.15, -0.1) is 0 Å². The Morgan fingerprint density at radius 1 is 1.32 bits per heavy atom. The van der Waals surface area contributed by atoms with Crippen molar-refractivity contribution in [2.24, 2.45) is 7.05 Å². The maximum absolute atomic E-state index is 12.4. The lowest BCUT2D eigenvalue weighted by atomic mass is 10.2. The van der Waals surface area contributed by atoms with Crippen LogP contribution < -0.4 is 17.0 Å². The van der Waals surface area contributed by atoms with E-state index in [2.05, 4.69) is 0 Å². The van der Waals surface area contributed by atoms with Gasteiger partial charge in [0.25, 0.3) is 5.56 Å². The molecule has 0 aliphatic heterocycles. The fourth-order valence-corrected chi connectivity index (χ4v) is 2.36. The number of nitrogens with zero attached hydrogens (tertiary/aromatic N) is 2. The van der Waals surface area contributed by atoms with Crippen LogP contribution in [0.25, 0.3) is 0 Å². The zero-order valence-electron chi connectivity index (χ0n) is 14.2. The van der Waals surface area contributed by atoms with Gasteiger partial charge in [0.05, 0.1) is 6.26 Å². The highest BCUT2D eigenvalue weighted by Crippen LogP contribution is 2.11. The summed E-state index contributed by atoms with van der Waals surface area (Å²) in [6.45, 7) is 2.99. The molecular formula is C16H19N3O6. The lowest BCUT2D eigenvalue weighted by Crippen LogP contribution is -2.43. The summed E-state index contributed by atoms with van der Waals surface area (Å²) in [5, 5.41) is 0. The summed E-state index contributed by atoms with van der Waals surface area (Å²) in [5.74, 6) is -1.41. The highest BCUT2D eigenvalue weighted by Gasteiger charge is 2.23. The molecule has 9 nitrogen and oxygen atoms in total. The first-order valence-electron chi connectivity index (χ1n) is 7.63. The maximum Gasteiger partial charge on any atom is 0.342 e. The van der Waals surface area contributed by atoms with Gasteiger partial charge in [0, 0.05) is 13.6 Å². The molecule has 0 saturated carbocycles. The van der Waals surface area contributed by atoms with E-state index in [4.69, 9.17) is 14.9 Å². The van der Waals surface area contributed by atoms with Crippen LogP contribution in [0, 0.1) is 6.92 Å². The summed E-state index contributed by atoms with van der Waals surface area (Å²) in [6, 6.07) is 1.41. The molecule has 0 amide bonds. The predicted octanol–water partition coefficient (Wildman–Crippen LogP) is 0.480. The van der Waals surface area contributed by atoms with E-state index in [9.17, 15) is 19.2 Å². The van der Waals surface area contributed by atoms with Gasteiger partial charge in [0.1, 0.15) is 22.7 Å². The normalized spacial score (nSPS) is 10.7. The van der Waals surface area contributed by atoms with Gasteiger partial charge < -0.3 is 14.9 Å². The van der Waals surface area contributed by atoms with E-state index < -0.39 is 29.6 Å². The highest BCUT2D eigenvalue weighted by atomic mass is 16.5. The van der Waals surface area contributed by atoms with Gasteiger partial charge in [-0.2, -0.15) is 0 Å². The Kier molecular flexibility index (Phi) is 5.26. The number of aryl methyl sites for hydroxylation is 1. The molecule has 0 aliphatic carbocycles. The van der Waals surface area contributed by atoms with Crippen LogP contribution in [0.2, 0.25) is 0 Å². The number of carbonyl (C=O) groups excluding carboxylic acids is 2. The van der Waals surface area contributed by atoms with Crippen LogP contribution in [0.15, 0.2) is 26.3 Å². The molecule has 0 aromatic carbocycles. The third kappa shape index (κ3) is 3.39. The Hall–Kier alpha value is -3.10. The quantitative estimate of drug-likeness (QED) is 0.593. The van der Waals surface area contributed by atoms with Crippen molar-refractivity contribution < 1.29 is 18.7 Å². The molecule has 2 rings (SSSR count). The second-order valence-electron chi connectivity index (χ2n) is 5.45. The molecule has 0 saturated heterocycles. The minimum absolute atomic E-state index is 0.185. The number of hydrogen-bond donors (Lipinski definition) is 1. The Labute approximate surface area is 142 Å². The third-order valence-corrected chi connectivity index (χ3v) is 3.72. The Balaban J connectivity index is 2.30. The number of esters is 1. The molecule has 2 aromatic rings. The predicted molar refractivity (Wildman–Crippen MR) is 88.7 cm³/mol. The van der Waals surface area contributed by atoms with Crippen molar-refractivity contribution in [2.45, 2.75) is 26.8 Å². The number of ketones is 1. The summed E-state index contributed by atoms with van der Waals surface area (Å²) in [5.41, 5.74) is 4.23. The molecule has 0 spiro atoms. The average Bonchev–Trinajstić information content (AvgIpc) is 3.01. The van der Waals surface area contributed by atoms with Gasteiger partial charge in [-0.3, -0.25) is 18.7 Å². The molecule has 2 heterocycles. The van der Waals surface area contributed by atoms with Gasteiger partial charge in [-0.05, 0) is 19.4 Å². The van der Waals surface area contributed by atoms with Crippen molar-refractivity contribution in [1.29, 1.82) is 0 Å². The number of Topliss-reactive ketones (excluding diaryl/α,β-unsaturated/α-hetero) is 1. The molecule has 0 fully saturated rings. The van der Waals surface area contributed by atoms with E-state index in [1.165, 1.54) is 19.4 Å². The van der Waals surface area contributed by atoms with Gasteiger partial charge in [-0.1, -0.05) is 6.92 Å². The van der Waals surface area contributed by atoms with E-state index in [0.29, 0.717) is 12.2 Å². The van der Waals surface area contributed by atoms with E-state index in [1.807, 2.05) is 6.92 Å². The number of furan rings is 1. The van der Waals surface area contributed by atoms with Crippen LogP contribution in [-0.4, -0.2) is 27.5 Å². The summed E-state index contributed by atoms with van der Waals surface area (Å²) in [6.07, 6.45) is 1.91. The van der Waals surface area contributed by atoms with Crippen molar-refractivity contribution in [3.8, 4) is 0 Å². The fourth-order valence-electron chi connectivity index (χ4n) is 2.36. The lowest BCUT2D eigenvalue weighted by Gasteiger charge is -2.13. The zero-order chi connectivity index (χ0) is 18.7. The summed E-state index contributed by atoms with van der Waals surface area (Å²) in [4.78, 5) is 48.6. The van der Waals surface area contributed by atoms with Gasteiger partial charge >= 0.3 is 11.7 Å². The Morgan fingerprint density at radius 3 is 2.56 bits per heavy atom. The first-order chi connectivity index (χ1) is 11.8. The molecule has 0 radical (unpaired) electrons. The summed E-state index contributed by atoms with van der Waals surface area (Å²) < 4.78 is 11.9. The molecule has 2 aromatic heterocycles. The monoisotopic (exact) mass is 349 g/mol. The number of rotatable bonds is 6. The summed E-state index contributed by atoms with van der Waals surface area (Å²) in [7, 11) is 1.26. The van der Waals surface area contributed by atoms with Crippen molar-refractivity contribution in [3.05, 3.63) is 50.1 Å². The lowest BCUT2D eigenvalue weighted by molar-refractivity contribution is 0.0472. The van der Waals surface area contributed by atoms with E-state index in [-0.39, 0.29) is 23.5 Å². The molecule has 9 heteroatoms. The smallest absolute Gasteiger partial charge is 0.342 e. The number of ether oxygens (including phenoxy) is 1. The Bertz CT molecular complexity index is 934. The largest absolute Gasteiger partial charge is 0.469 e.